The van der Waals surface area contributed by atoms with Crippen LogP contribution < -0.4 is 15.0 Å². The fourth-order valence-electron chi connectivity index (χ4n) is 1.74. The third-order valence-corrected chi connectivity index (χ3v) is 3.82. The zero-order chi connectivity index (χ0) is 16.3. The number of hydrogen-bond donors (Lipinski definition) is 1. The van der Waals surface area contributed by atoms with E-state index >= 15 is 0 Å². The van der Waals surface area contributed by atoms with Gasteiger partial charge in [-0.15, -0.1) is 11.3 Å². The van der Waals surface area contributed by atoms with E-state index in [-0.39, 0.29) is 18.5 Å². The van der Waals surface area contributed by atoms with Crippen LogP contribution in [-0.4, -0.2) is 47.0 Å². The SMILES string of the molecule is COc1nc(CNC(=O)c2sc(C)nc2C)nc(N(C)C)n1. The van der Waals surface area contributed by atoms with Crippen LogP contribution in [0.1, 0.15) is 26.2 Å². The minimum Gasteiger partial charge on any atom is -0.467 e. The van der Waals surface area contributed by atoms with Gasteiger partial charge in [-0.25, -0.2) is 4.98 Å². The fourth-order valence-corrected chi connectivity index (χ4v) is 2.57. The van der Waals surface area contributed by atoms with Crippen LogP contribution in [0.15, 0.2) is 0 Å². The van der Waals surface area contributed by atoms with Crippen molar-refractivity contribution in [2.45, 2.75) is 20.4 Å². The standard InChI is InChI=1S/C13H18N6O2S/c1-7-10(22-8(2)15-7)11(20)14-6-9-16-12(19(3)4)18-13(17-9)21-5/h6H2,1-5H3,(H,14,20). The Hall–Kier alpha value is -2.29. The van der Waals surface area contributed by atoms with E-state index in [0.717, 1.165) is 10.7 Å². The summed E-state index contributed by atoms with van der Waals surface area (Å²) >= 11 is 1.36. The van der Waals surface area contributed by atoms with Crippen LogP contribution in [0, 0.1) is 13.8 Å². The summed E-state index contributed by atoms with van der Waals surface area (Å²) < 4.78 is 5.05. The van der Waals surface area contributed by atoms with Gasteiger partial charge >= 0.3 is 6.01 Å². The number of carbonyl (C=O) groups is 1. The van der Waals surface area contributed by atoms with E-state index in [1.54, 1.807) is 4.90 Å². The van der Waals surface area contributed by atoms with Gasteiger partial charge in [0.15, 0.2) is 5.82 Å². The topological polar surface area (TPSA) is 93.1 Å². The average Bonchev–Trinajstić information content (AvgIpc) is 2.83. The molecule has 0 saturated heterocycles. The van der Waals surface area contributed by atoms with Crippen molar-refractivity contribution in [1.29, 1.82) is 0 Å². The van der Waals surface area contributed by atoms with E-state index in [9.17, 15) is 4.79 Å². The first-order valence-corrected chi connectivity index (χ1v) is 7.41. The third-order valence-electron chi connectivity index (χ3n) is 2.75. The molecule has 1 N–H and O–H groups in total. The highest BCUT2D eigenvalue weighted by Gasteiger charge is 2.15. The summed E-state index contributed by atoms with van der Waals surface area (Å²) in [6.07, 6.45) is 0. The van der Waals surface area contributed by atoms with E-state index in [1.165, 1.54) is 18.4 Å². The number of nitrogens with zero attached hydrogens (tertiary/aromatic N) is 5. The maximum absolute atomic E-state index is 12.2. The van der Waals surface area contributed by atoms with E-state index in [2.05, 4.69) is 25.3 Å². The molecular weight excluding hydrogens is 304 g/mol. The lowest BCUT2D eigenvalue weighted by Crippen LogP contribution is -2.25. The van der Waals surface area contributed by atoms with Crippen molar-refractivity contribution in [3.63, 3.8) is 0 Å². The summed E-state index contributed by atoms with van der Waals surface area (Å²) in [7, 11) is 5.13. The molecule has 0 bridgehead atoms. The Labute approximate surface area is 132 Å². The van der Waals surface area contributed by atoms with Crippen molar-refractivity contribution in [3.8, 4) is 6.01 Å². The number of aromatic nitrogens is 4. The van der Waals surface area contributed by atoms with Crippen LogP contribution >= 0.6 is 11.3 Å². The van der Waals surface area contributed by atoms with Gasteiger partial charge in [0.05, 0.1) is 24.4 Å². The number of aryl methyl sites for hydroxylation is 2. The molecule has 0 spiro atoms. The number of amides is 1. The van der Waals surface area contributed by atoms with Gasteiger partial charge in [-0.1, -0.05) is 0 Å². The molecule has 22 heavy (non-hydrogen) atoms. The number of hydrogen-bond acceptors (Lipinski definition) is 8. The number of anilines is 1. The van der Waals surface area contributed by atoms with Gasteiger partial charge in [0, 0.05) is 14.1 Å². The summed E-state index contributed by atoms with van der Waals surface area (Å²) in [5.41, 5.74) is 0.724. The summed E-state index contributed by atoms with van der Waals surface area (Å²) in [5.74, 6) is 0.720. The van der Waals surface area contributed by atoms with Crippen LogP contribution in [0.25, 0.3) is 0 Å². The fraction of sp³-hybridized carbons (Fsp3) is 0.462. The highest BCUT2D eigenvalue weighted by Crippen LogP contribution is 2.17. The molecule has 2 aromatic heterocycles. The lowest BCUT2D eigenvalue weighted by Gasteiger charge is -2.12. The first-order valence-electron chi connectivity index (χ1n) is 6.59. The average molecular weight is 322 g/mol. The van der Waals surface area contributed by atoms with Crippen molar-refractivity contribution in [1.82, 2.24) is 25.3 Å². The molecular formula is C13H18N6O2S. The van der Waals surface area contributed by atoms with E-state index in [4.69, 9.17) is 4.74 Å². The van der Waals surface area contributed by atoms with Gasteiger partial charge in [-0.05, 0) is 13.8 Å². The highest BCUT2D eigenvalue weighted by atomic mass is 32.1. The predicted octanol–water partition coefficient (Wildman–Crippen LogP) is 0.950. The maximum atomic E-state index is 12.2. The summed E-state index contributed by atoms with van der Waals surface area (Å²) in [6.45, 7) is 3.87. The molecule has 2 rings (SSSR count). The van der Waals surface area contributed by atoms with Gasteiger partial charge in [-0.3, -0.25) is 4.79 Å². The van der Waals surface area contributed by atoms with E-state index < -0.39 is 0 Å². The second kappa shape index (κ2) is 6.65. The van der Waals surface area contributed by atoms with Crippen molar-refractivity contribution in [2.24, 2.45) is 0 Å². The van der Waals surface area contributed by atoms with Crippen LogP contribution in [0.3, 0.4) is 0 Å². The minimum absolute atomic E-state index is 0.186. The molecule has 9 heteroatoms. The van der Waals surface area contributed by atoms with Gasteiger partial charge in [0.1, 0.15) is 4.88 Å². The Balaban J connectivity index is 2.12. The molecule has 0 unspecified atom stereocenters. The molecule has 0 fully saturated rings. The summed E-state index contributed by atoms with van der Waals surface area (Å²) in [6, 6.07) is 0.216. The number of thiazole rings is 1. The Kier molecular flexibility index (Phi) is 4.86. The van der Waals surface area contributed by atoms with Crippen LogP contribution in [-0.2, 0) is 6.54 Å². The van der Waals surface area contributed by atoms with Crippen LogP contribution in [0.5, 0.6) is 6.01 Å². The smallest absolute Gasteiger partial charge is 0.321 e. The van der Waals surface area contributed by atoms with E-state index in [1.807, 2.05) is 27.9 Å². The van der Waals surface area contributed by atoms with Crippen molar-refractivity contribution >= 4 is 23.2 Å². The molecule has 0 aliphatic rings. The predicted molar refractivity (Wildman–Crippen MR) is 83.5 cm³/mol. The van der Waals surface area contributed by atoms with Gasteiger partial charge in [0.2, 0.25) is 5.95 Å². The Bertz CT molecular complexity index is 685. The molecule has 0 atom stereocenters. The number of ether oxygens (including phenoxy) is 1. The number of rotatable bonds is 5. The van der Waals surface area contributed by atoms with Crippen LogP contribution in [0.2, 0.25) is 0 Å². The quantitative estimate of drug-likeness (QED) is 0.876. The number of methoxy groups -OCH3 is 1. The van der Waals surface area contributed by atoms with Crippen molar-refractivity contribution < 1.29 is 9.53 Å². The van der Waals surface area contributed by atoms with Crippen molar-refractivity contribution in [3.05, 3.63) is 21.4 Å². The molecule has 2 aromatic rings. The molecule has 1 amide bonds. The Morgan fingerprint density at radius 1 is 1.23 bits per heavy atom. The minimum atomic E-state index is -0.186. The van der Waals surface area contributed by atoms with Gasteiger partial charge in [-0.2, -0.15) is 15.0 Å². The largest absolute Gasteiger partial charge is 0.467 e. The molecule has 0 saturated carbocycles. The maximum Gasteiger partial charge on any atom is 0.321 e. The second-order valence-corrected chi connectivity index (χ2v) is 5.97. The van der Waals surface area contributed by atoms with Crippen molar-refractivity contribution in [2.75, 3.05) is 26.1 Å². The third kappa shape index (κ3) is 3.67. The first kappa shape index (κ1) is 16.1. The lowest BCUT2D eigenvalue weighted by molar-refractivity contribution is 0.0953. The molecule has 2 heterocycles. The normalized spacial score (nSPS) is 10.4. The second-order valence-electron chi connectivity index (χ2n) is 4.76. The zero-order valence-corrected chi connectivity index (χ0v) is 14.0. The first-order chi connectivity index (χ1) is 10.4. The van der Waals surface area contributed by atoms with E-state index in [0.29, 0.717) is 16.6 Å². The summed E-state index contributed by atoms with van der Waals surface area (Å²) in [5, 5.41) is 3.65. The molecule has 0 aromatic carbocycles. The number of nitrogens with one attached hydrogen (secondary N) is 1. The monoisotopic (exact) mass is 322 g/mol. The summed E-state index contributed by atoms with van der Waals surface area (Å²) in [4.78, 5) is 31.3. The Morgan fingerprint density at radius 2 is 1.95 bits per heavy atom. The molecule has 0 aliphatic carbocycles. The van der Waals surface area contributed by atoms with Gasteiger partial charge < -0.3 is 15.0 Å². The molecule has 118 valence electrons. The molecule has 8 nitrogen and oxygen atoms in total. The van der Waals surface area contributed by atoms with Crippen LogP contribution in [0.4, 0.5) is 5.95 Å². The lowest BCUT2D eigenvalue weighted by atomic mass is 10.3. The van der Waals surface area contributed by atoms with Gasteiger partial charge in [0.25, 0.3) is 5.91 Å². The molecule has 0 aliphatic heterocycles. The molecule has 0 radical (unpaired) electrons. The Morgan fingerprint density at radius 3 is 2.50 bits per heavy atom. The highest BCUT2D eigenvalue weighted by molar-refractivity contribution is 7.13. The zero-order valence-electron chi connectivity index (χ0n) is 13.2. The number of carbonyl (C=O) groups excluding carboxylic acids is 1.